The van der Waals surface area contributed by atoms with Crippen LogP contribution in [0.25, 0.3) is 0 Å². The Morgan fingerprint density at radius 1 is 0.810 bits per heavy atom. The summed E-state index contributed by atoms with van der Waals surface area (Å²) >= 11 is 0. The number of fused-ring (bicyclic) bond motifs is 1. The summed E-state index contributed by atoms with van der Waals surface area (Å²) in [4.78, 5) is 0. The largest absolute Gasteiger partial charge is 0.254 e. The van der Waals surface area contributed by atoms with Crippen molar-refractivity contribution in [1.82, 2.24) is 0 Å². The maximum absolute atomic E-state index is 13.4. The van der Waals surface area contributed by atoms with Crippen molar-refractivity contribution < 1.29 is 8.78 Å². The second-order valence-electron chi connectivity index (χ2n) is 7.58. The van der Waals surface area contributed by atoms with Crippen LogP contribution in [-0.4, -0.2) is 5.92 Å². The lowest BCUT2D eigenvalue weighted by Gasteiger charge is -2.26. The van der Waals surface area contributed by atoms with Crippen molar-refractivity contribution in [2.45, 2.75) is 96.8 Å². The molecule has 2 unspecified atom stereocenters. The molecule has 124 valence electrons. The van der Waals surface area contributed by atoms with Gasteiger partial charge in [-0.25, -0.2) is 8.78 Å². The van der Waals surface area contributed by atoms with E-state index < -0.39 is 5.92 Å². The van der Waals surface area contributed by atoms with Crippen molar-refractivity contribution in [1.29, 1.82) is 0 Å². The molecule has 2 rings (SSSR count). The first-order chi connectivity index (χ1) is 10.1. The van der Waals surface area contributed by atoms with Crippen molar-refractivity contribution in [2.75, 3.05) is 0 Å². The topological polar surface area (TPSA) is 0 Å². The Morgan fingerprint density at radius 3 is 1.71 bits per heavy atom. The Hall–Kier alpha value is -0.140. The molecular weight excluding hydrogens is 266 g/mol. The van der Waals surface area contributed by atoms with Crippen LogP contribution in [0.2, 0.25) is 0 Å². The standard InChI is InChI=1S/C19H34F2/c1-3-5-7-9-11-15(12-10-8-6-4-2)16-13-17-18(14-16)19(17,20)21/h15-18H,3-14H2,1-2H3. The molecule has 2 aliphatic carbocycles. The average Bonchev–Trinajstić information content (AvgIpc) is 2.83. The molecule has 0 saturated heterocycles. The molecule has 0 aromatic rings. The fourth-order valence-electron chi connectivity index (χ4n) is 4.52. The van der Waals surface area contributed by atoms with E-state index >= 15 is 0 Å². The van der Waals surface area contributed by atoms with Crippen molar-refractivity contribution >= 4 is 0 Å². The Balaban J connectivity index is 1.73. The van der Waals surface area contributed by atoms with Crippen molar-refractivity contribution in [3.8, 4) is 0 Å². The summed E-state index contributed by atoms with van der Waals surface area (Å²) in [5.41, 5.74) is 0. The minimum absolute atomic E-state index is 0.240. The van der Waals surface area contributed by atoms with Gasteiger partial charge in [0, 0.05) is 11.8 Å². The van der Waals surface area contributed by atoms with E-state index in [2.05, 4.69) is 13.8 Å². The number of hydrogen-bond donors (Lipinski definition) is 0. The lowest BCUT2D eigenvalue weighted by molar-refractivity contribution is 0.0551. The Labute approximate surface area is 130 Å². The van der Waals surface area contributed by atoms with Crippen LogP contribution in [0.5, 0.6) is 0 Å². The quantitative estimate of drug-likeness (QED) is 0.367. The van der Waals surface area contributed by atoms with Gasteiger partial charge in [0.05, 0.1) is 0 Å². The van der Waals surface area contributed by atoms with Crippen LogP contribution in [0.1, 0.15) is 90.9 Å². The normalized spacial score (nSPS) is 29.9. The molecule has 2 fully saturated rings. The molecule has 0 radical (unpaired) electrons. The molecule has 2 saturated carbocycles. The summed E-state index contributed by atoms with van der Waals surface area (Å²) in [5.74, 6) is -1.41. The maximum Gasteiger partial charge on any atom is 0.254 e. The summed E-state index contributed by atoms with van der Waals surface area (Å²) in [6.45, 7) is 4.49. The Kier molecular flexibility index (Phi) is 6.50. The van der Waals surface area contributed by atoms with Crippen LogP contribution in [0.4, 0.5) is 8.78 Å². The first kappa shape index (κ1) is 17.2. The zero-order valence-electron chi connectivity index (χ0n) is 14.1. The minimum Gasteiger partial charge on any atom is -0.206 e. The summed E-state index contributed by atoms with van der Waals surface area (Å²) in [7, 11) is 0. The highest BCUT2D eigenvalue weighted by Crippen LogP contribution is 2.67. The van der Waals surface area contributed by atoms with E-state index in [-0.39, 0.29) is 11.8 Å². The summed E-state index contributed by atoms with van der Waals surface area (Å²) in [6.07, 6.45) is 14.7. The zero-order chi connectivity index (χ0) is 15.3. The molecule has 0 bridgehead atoms. The summed E-state index contributed by atoms with van der Waals surface area (Å²) in [5, 5.41) is 0. The van der Waals surface area contributed by atoms with Gasteiger partial charge in [-0.3, -0.25) is 0 Å². The monoisotopic (exact) mass is 300 g/mol. The number of halogens is 2. The average molecular weight is 300 g/mol. The third-order valence-electron chi connectivity index (χ3n) is 6.00. The van der Waals surface area contributed by atoms with Crippen LogP contribution in [-0.2, 0) is 0 Å². The molecule has 0 heterocycles. The molecule has 0 aliphatic heterocycles. The van der Waals surface area contributed by atoms with E-state index in [1.807, 2.05) is 0 Å². The molecule has 0 aromatic heterocycles. The van der Waals surface area contributed by atoms with Gasteiger partial charge in [-0.2, -0.15) is 0 Å². The van der Waals surface area contributed by atoms with Gasteiger partial charge >= 0.3 is 0 Å². The highest BCUT2D eigenvalue weighted by Gasteiger charge is 2.71. The van der Waals surface area contributed by atoms with Crippen molar-refractivity contribution in [2.24, 2.45) is 23.7 Å². The highest BCUT2D eigenvalue weighted by atomic mass is 19.3. The maximum atomic E-state index is 13.4. The van der Waals surface area contributed by atoms with Crippen LogP contribution in [0.3, 0.4) is 0 Å². The van der Waals surface area contributed by atoms with Crippen LogP contribution in [0, 0.1) is 23.7 Å². The van der Waals surface area contributed by atoms with Gasteiger partial charge in [0.1, 0.15) is 0 Å². The first-order valence-corrected chi connectivity index (χ1v) is 9.49. The van der Waals surface area contributed by atoms with E-state index in [0.29, 0.717) is 5.92 Å². The second-order valence-corrected chi connectivity index (χ2v) is 7.58. The van der Waals surface area contributed by atoms with Gasteiger partial charge < -0.3 is 0 Å². The molecule has 0 N–H and O–H groups in total. The second kappa shape index (κ2) is 7.92. The predicted molar refractivity (Wildman–Crippen MR) is 85.7 cm³/mol. The van der Waals surface area contributed by atoms with Gasteiger partial charge in [-0.15, -0.1) is 0 Å². The van der Waals surface area contributed by atoms with Gasteiger partial charge in [-0.05, 0) is 24.7 Å². The van der Waals surface area contributed by atoms with E-state index in [1.165, 1.54) is 64.2 Å². The summed E-state index contributed by atoms with van der Waals surface area (Å²) in [6, 6.07) is 0. The van der Waals surface area contributed by atoms with Gasteiger partial charge in [0.2, 0.25) is 0 Å². The summed E-state index contributed by atoms with van der Waals surface area (Å²) < 4.78 is 26.8. The molecule has 2 heteroatoms. The Bertz CT molecular complexity index is 274. The van der Waals surface area contributed by atoms with E-state index in [9.17, 15) is 8.78 Å². The predicted octanol–water partition coefficient (Wildman–Crippen LogP) is 6.83. The molecule has 0 nitrogen and oxygen atoms in total. The third-order valence-corrected chi connectivity index (χ3v) is 6.00. The first-order valence-electron chi connectivity index (χ1n) is 9.49. The van der Waals surface area contributed by atoms with E-state index in [4.69, 9.17) is 0 Å². The number of hydrogen-bond acceptors (Lipinski definition) is 0. The number of rotatable bonds is 11. The minimum atomic E-state index is -2.29. The fraction of sp³-hybridized carbons (Fsp3) is 1.00. The molecule has 0 spiro atoms. The number of alkyl halides is 2. The van der Waals surface area contributed by atoms with Crippen molar-refractivity contribution in [3.63, 3.8) is 0 Å². The van der Waals surface area contributed by atoms with Crippen molar-refractivity contribution in [3.05, 3.63) is 0 Å². The molecule has 0 amide bonds. The van der Waals surface area contributed by atoms with E-state index in [1.54, 1.807) is 0 Å². The van der Waals surface area contributed by atoms with Gasteiger partial charge in [0.25, 0.3) is 5.92 Å². The van der Waals surface area contributed by atoms with Crippen LogP contribution < -0.4 is 0 Å². The van der Waals surface area contributed by atoms with Gasteiger partial charge in [-0.1, -0.05) is 78.1 Å². The molecular formula is C19H34F2. The van der Waals surface area contributed by atoms with Crippen LogP contribution in [0.15, 0.2) is 0 Å². The number of unbranched alkanes of at least 4 members (excludes halogenated alkanes) is 6. The fourth-order valence-corrected chi connectivity index (χ4v) is 4.52. The SMILES string of the molecule is CCCCCCC(CCCCCC)C1CC2C(C1)C2(F)F. The molecule has 2 aliphatic rings. The van der Waals surface area contributed by atoms with Crippen LogP contribution >= 0.6 is 0 Å². The lowest BCUT2D eigenvalue weighted by atomic mass is 9.80. The third kappa shape index (κ3) is 4.42. The molecule has 21 heavy (non-hydrogen) atoms. The molecule has 0 aromatic carbocycles. The lowest BCUT2D eigenvalue weighted by Crippen LogP contribution is -2.17. The zero-order valence-corrected chi connectivity index (χ0v) is 14.1. The van der Waals surface area contributed by atoms with E-state index in [0.717, 1.165) is 18.8 Å². The smallest absolute Gasteiger partial charge is 0.206 e. The Morgan fingerprint density at radius 2 is 1.29 bits per heavy atom. The highest BCUT2D eigenvalue weighted by molar-refractivity contribution is 5.11. The molecule has 2 atom stereocenters. The van der Waals surface area contributed by atoms with Gasteiger partial charge in [0.15, 0.2) is 0 Å².